The number of hydrogen-bond acceptors (Lipinski definition) is 6. The van der Waals surface area contributed by atoms with Crippen LogP contribution in [0.15, 0.2) is 36.7 Å². The minimum atomic E-state index is -0.467. The molecule has 0 bridgehead atoms. The van der Waals surface area contributed by atoms with E-state index in [0.717, 1.165) is 0 Å². The summed E-state index contributed by atoms with van der Waals surface area (Å²) in [6.07, 6.45) is 3.06. The van der Waals surface area contributed by atoms with Crippen LogP contribution in [-0.4, -0.2) is 66.0 Å². The molecule has 1 aromatic heterocycles. The zero-order chi connectivity index (χ0) is 18.2. The summed E-state index contributed by atoms with van der Waals surface area (Å²) >= 11 is 0. The summed E-state index contributed by atoms with van der Waals surface area (Å²) in [4.78, 5) is 24.5. The van der Waals surface area contributed by atoms with E-state index in [9.17, 15) is 14.9 Å². The molecule has 1 heterocycles. The SMILES string of the molecule is COCCN(CCOC)C(=O)c1cnn(-c2ccc([N+](=O)[O-])cc2)c1. The second kappa shape index (κ2) is 8.90. The van der Waals surface area contributed by atoms with E-state index < -0.39 is 4.92 Å². The number of ether oxygens (including phenoxy) is 2. The molecule has 0 saturated carbocycles. The first-order valence-corrected chi connectivity index (χ1v) is 7.63. The maximum Gasteiger partial charge on any atom is 0.269 e. The Labute approximate surface area is 144 Å². The van der Waals surface area contributed by atoms with E-state index in [2.05, 4.69) is 5.10 Å². The Balaban J connectivity index is 2.14. The molecule has 0 aliphatic carbocycles. The van der Waals surface area contributed by atoms with E-state index in [1.807, 2.05) is 0 Å². The van der Waals surface area contributed by atoms with Crippen LogP contribution in [0.5, 0.6) is 0 Å². The number of nitrogens with zero attached hydrogens (tertiary/aromatic N) is 4. The van der Waals surface area contributed by atoms with Gasteiger partial charge in [-0.3, -0.25) is 14.9 Å². The van der Waals surface area contributed by atoms with Gasteiger partial charge in [-0.1, -0.05) is 0 Å². The standard InChI is InChI=1S/C16H20N4O5/c1-24-9-7-18(8-10-25-2)16(21)13-11-17-19(12-13)14-3-5-15(6-4-14)20(22)23/h3-6,11-12H,7-10H2,1-2H3. The minimum Gasteiger partial charge on any atom is -0.383 e. The van der Waals surface area contributed by atoms with E-state index in [-0.39, 0.29) is 11.6 Å². The van der Waals surface area contributed by atoms with Gasteiger partial charge >= 0.3 is 0 Å². The molecular formula is C16H20N4O5. The molecule has 134 valence electrons. The monoisotopic (exact) mass is 348 g/mol. The summed E-state index contributed by atoms with van der Waals surface area (Å²) in [5.74, 6) is -0.178. The number of rotatable bonds is 9. The Morgan fingerprint density at radius 1 is 1.20 bits per heavy atom. The van der Waals surface area contributed by atoms with Gasteiger partial charge in [0, 0.05) is 45.6 Å². The number of non-ortho nitro benzene ring substituents is 1. The fraction of sp³-hybridized carbons (Fsp3) is 0.375. The number of nitro benzene ring substituents is 1. The van der Waals surface area contributed by atoms with E-state index in [4.69, 9.17) is 9.47 Å². The number of benzene rings is 1. The summed E-state index contributed by atoms with van der Waals surface area (Å²) in [7, 11) is 3.15. The normalized spacial score (nSPS) is 10.6. The maximum atomic E-state index is 12.6. The Bertz CT molecular complexity index is 706. The van der Waals surface area contributed by atoms with Gasteiger partial charge in [-0.15, -0.1) is 0 Å². The van der Waals surface area contributed by atoms with Gasteiger partial charge in [0.1, 0.15) is 0 Å². The largest absolute Gasteiger partial charge is 0.383 e. The lowest BCUT2D eigenvalue weighted by Gasteiger charge is -2.21. The predicted octanol–water partition coefficient (Wildman–Crippen LogP) is 1.52. The quantitative estimate of drug-likeness (QED) is 0.503. The van der Waals surface area contributed by atoms with Gasteiger partial charge in [0.2, 0.25) is 0 Å². The van der Waals surface area contributed by atoms with Gasteiger partial charge in [-0.25, -0.2) is 4.68 Å². The van der Waals surface area contributed by atoms with E-state index in [1.54, 1.807) is 37.4 Å². The maximum absolute atomic E-state index is 12.6. The minimum absolute atomic E-state index is 0.00230. The van der Waals surface area contributed by atoms with Crippen LogP contribution in [0.2, 0.25) is 0 Å². The summed E-state index contributed by atoms with van der Waals surface area (Å²) in [6, 6.07) is 5.93. The lowest BCUT2D eigenvalue weighted by molar-refractivity contribution is -0.384. The smallest absolute Gasteiger partial charge is 0.269 e. The Morgan fingerprint density at radius 2 is 1.80 bits per heavy atom. The van der Waals surface area contributed by atoms with Crippen LogP contribution >= 0.6 is 0 Å². The van der Waals surface area contributed by atoms with Crippen LogP contribution in [-0.2, 0) is 9.47 Å². The molecule has 9 heteroatoms. The fourth-order valence-corrected chi connectivity index (χ4v) is 2.20. The van der Waals surface area contributed by atoms with Crippen molar-refractivity contribution in [2.24, 2.45) is 0 Å². The molecule has 1 aromatic carbocycles. The van der Waals surface area contributed by atoms with Crippen molar-refractivity contribution in [1.82, 2.24) is 14.7 Å². The van der Waals surface area contributed by atoms with Crippen molar-refractivity contribution in [3.05, 3.63) is 52.3 Å². The first kappa shape index (κ1) is 18.6. The van der Waals surface area contributed by atoms with Gasteiger partial charge in [-0.05, 0) is 12.1 Å². The molecule has 0 N–H and O–H groups in total. The van der Waals surface area contributed by atoms with Gasteiger partial charge in [0.05, 0.1) is 35.6 Å². The van der Waals surface area contributed by atoms with Crippen molar-refractivity contribution in [2.45, 2.75) is 0 Å². The van der Waals surface area contributed by atoms with Gasteiger partial charge < -0.3 is 14.4 Å². The van der Waals surface area contributed by atoms with Crippen LogP contribution in [0.4, 0.5) is 5.69 Å². The molecule has 2 rings (SSSR count). The number of methoxy groups -OCH3 is 2. The van der Waals surface area contributed by atoms with Crippen molar-refractivity contribution in [1.29, 1.82) is 0 Å². The molecule has 0 aliphatic rings. The van der Waals surface area contributed by atoms with Crippen LogP contribution < -0.4 is 0 Å². The number of hydrogen-bond donors (Lipinski definition) is 0. The van der Waals surface area contributed by atoms with Crippen LogP contribution in [0.25, 0.3) is 5.69 Å². The number of nitro groups is 1. The molecule has 0 atom stereocenters. The summed E-state index contributed by atoms with van der Waals surface area (Å²) < 4.78 is 11.6. The van der Waals surface area contributed by atoms with E-state index >= 15 is 0 Å². The number of aromatic nitrogens is 2. The van der Waals surface area contributed by atoms with Crippen LogP contribution in [0.1, 0.15) is 10.4 Å². The van der Waals surface area contributed by atoms with Crippen molar-refractivity contribution >= 4 is 11.6 Å². The van der Waals surface area contributed by atoms with Crippen molar-refractivity contribution < 1.29 is 19.2 Å². The Hall–Kier alpha value is -2.78. The van der Waals surface area contributed by atoms with Gasteiger partial charge in [-0.2, -0.15) is 5.10 Å². The molecule has 2 aromatic rings. The van der Waals surface area contributed by atoms with Crippen molar-refractivity contribution in [3.63, 3.8) is 0 Å². The van der Waals surface area contributed by atoms with Crippen LogP contribution in [0.3, 0.4) is 0 Å². The Morgan fingerprint density at radius 3 is 2.32 bits per heavy atom. The third kappa shape index (κ3) is 4.85. The third-order valence-corrected chi connectivity index (χ3v) is 3.57. The second-order valence-electron chi connectivity index (χ2n) is 5.22. The highest BCUT2D eigenvalue weighted by Crippen LogP contribution is 2.15. The lowest BCUT2D eigenvalue weighted by atomic mass is 10.2. The Kier molecular flexibility index (Phi) is 6.61. The first-order chi connectivity index (χ1) is 12.1. The second-order valence-corrected chi connectivity index (χ2v) is 5.22. The van der Waals surface area contributed by atoms with Gasteiger partial charge in [0.15, 0.2) is 0 Å². The topological polar surface area (TPSA) is 99.7 Å². The molecule has 0 spiro atoms. The molecule has 0 unspecified atom stereocenters. The van der Waals surface area contributed by atoms with Crippen molar-refractivity contribution in [2.75, 3.05) is 40.5 Å². The molecule has 1 amide bonds. The number of amides is 1. The zero-order valence-electron chi connectivity index (χ0n) is 14.1. The molecule has 0 aliphatic heterocycles. The summed E-state index contributed by atoms with van der Waals surface area (Å²) in [6.45, 7) is 1.74. The summed E-state index contributed by atoms with van der Waals surface area (Å²) in [5.41, 5.74) is 1.05. The summed E-state index contributed by atoms with van der Waals surface area (Å²) in [5, 5.41) is 14.9. The first-order valence-electron chi connectivity index (χ1n) is 7.63. The number of carbonyl (C=O) groups excluding carboxylic acids is 1. The highest BCUT2D eigenvalue weighted by Gasteiger charge is 2.17. The average molecular weight is 348 g/mol. The molecule has 0 radical (unpaired) electrons. The van der Waals surface area contributed by atoms with E-state index in [0.29, 0.717) is 37.6 Å². The predicted molar refractivity (Wildman–Crippen MR) is 89.9 cm³/mol. The molecule has 0 saturated heterocycles. The van der Waals surface area contributed by atoms with E-state index in [1.165, 1.54) is 23.0 Å². The molecule has 9 nitrogen and oxygen atoms in total. The highest BCUT2D eigenvalue weighted by molar-refractivity contribution is 5.93. The average Bonchev–Trinajstić information content (AvgIpc) is 3.11. The number of carbonyl (C=O) groups is 1. The van der Waals surface area contributed by atoms with Crippen molar-refractivity contribution in [3.8, 4) is 5.69 Å². The highest BCUT2D eigenvalue weighted by atomic mass is 16.6. The lowest BCUT2D eigenvalue weighted by Crippen LogP contribution is -2.36. The van der Waals surface area contributed by atoms with Crippen LogP contribution in [0, 0.1) is 10.1 Å². The molecule has 25 heavy (non-hydrogen) atoms. The zero-order valence-corrected chi connectivity index (χ0v) is 14.1. The fourth-order valence-electron chi connectivity index (χ4n) is 2.20. The molecular weight excluding hydrogens is 328 g/mol. The molecule has 0 fully saturated rings. The van der Waals surface area contributed by atoms with Gasteiger partial charge in [0.25, 0.3) is 11.6 Å². The third-order valence-electron chi connectivity index (χ3n) is 3.57.